The zero-order chi connectivity index (χ0) is 23.8. The highest BCUT2D eigenvalue weighted by Crippen LogP contribution is 2.31. The van der Waals surface area contributed by atoms with Crippen molar-refractivity contribution in [2.75, 3.05) is 13.2 Å². The van der Waals surface area contributed by atoms with Gasteiger partial charge in [0.25, 0.3) is 0 Å². The standard InChI is InChI=1S/C16H14BrNO2.C9H12BrNO2/c17-13-8-6-11(7-9-13)15-14(10-19)18-16(20-15)12-4-2-1-3-5-12;10-7-3-1-6(2-4-7)9(13)8(11)5-12/h1-9,14-15,19H,10H2;1-4,8-9,12-13H,5,11H2/t14-,15-;8-,9-/m11/s1. The number of aliphatic hydroxyl groups excluding tert-OH is 3. The van der Waals surface area contributed by atoms with Crippen LogP contribution in [0.2, 0.25) is 0 Å². The van der Waals surface area contributed by atoms with Gasteiger partial charge in [0, 0.05) is 14.5 Å². The van der Waals surface area contributed by atoms with E-state index in [2.05, 4.69) is 36.9 Å². The Hall–Kier alpha value is -2.07. The molecule has 0 bridgehead atoms. The van der Waals surface area contributed by atoms with E-state index in [9.17, 15) is 10.2 Å². The van der Waals surface area contributed by atoms with Crippen LogP contribution in [0.25, 0.3) is 0 Å². The molecule has 0 aromatic heterocycles. The third-order valence-corrected chi connectivity index (χ3v) is 6.16. The van der Waals surface area contributed by atoms with Crippen molar-refractivity contribution < 1.29 is 20.1 Å². The largest absolute Gasteiger partial charge is 0.467 e. The van der Waals surface area contributed by atoms with E-state index in [1.54, 1.807) is 12.1 Å². The zero-order valence-electron chi connectivity index (χ0n) is 17.8. The second-order valence-corrected chi connectivity index (χ2v) is 9.31. The second-order valence-electron chi connectivity index (χ2n) is 7.48. The van der Waals surface area contributed by atoms with Crippen molar-refractivity contribution in [2.24, 2.45) is 10.7 Å². The predicted octanol–water partition coefficient (Wildman–Crippen LogP) is 4.13. The van der Waals surface area contributed by atoms with Crippen LogP contribution in [-0.2, 0) is 4.74 Å². The van der Waals surface area contributed by atoms with E-state index in [4.69, 9.17) is 15.6 Å². The number of hydrogen-bond donors (Lipinski definition) is 4. The molecule has 3 aromatic carbocycles. The fourth-order valence-corrected chi connectivity index (χ4v) is 3.79. The van der Waals surface area contributed by atoms with Crippen LogP contribution >= 0.6 is 31.9 Å². The molecular weight excluding hydrogens is 552 g/mol. The highest BCUT2D eigenvalue weighted by molar-refractivity contribution is 9.10. The van der Waals surface area contributed by atoms with Gasteiger partial charge < -0.3 is 25.8 Å². The lowest BCUT2D eigenvalue weighted by atomic mass is 10.0. The number of aliphatic imine (C=N–C) groups is 1. The molecule has 5 N–H and O–H groups in total. The average Bonchev–Trinajstić information content (AvgIpc) is 3.29. The summed E-state index contributed by atoms with van der Waals surface area (Å²) < 4.78 is 7.91. The van der Waals surface area contributed by atoms with E-state index in [1.807, 2.05) is 66.7 Å². The molecular formula is C25H26Br2N2O4. The molecule has 0 unspecified atom stereocenters. The van der Waals surface area contributed by atoms with E-state index in [1.165, 1.54) is 0 Å². The smallest absolute Gasteiger partial charge is 0.217 e. The molecule has 174 valence electrons. The maximum atomic E-state index is 9.58. The quantitative estimate of drug-likeness (QED) is 0.352. The summed E-state index contributed by atoms with van der Waals surface area (Å²) in [6.45, 7) is -0.256. The minimum absolute atomic E-state index is 0.0307. The van der Waals surface area contributed by atoms with Crippen LogP contribution in [0.4, 0.5) is 0 Å². The maximum Gasteiger partial charge on any atom is 0.217 e. The van der Waals surface area contributed by atoms with Crippen LogP contribution in [0.15, 0.2) is 92.8 Å². The Morgan fingerprint density at radius 3 is 2.00 bits per heavy atom. The molecule has 0 spiro atoms. The number of hydrogen-bond acceptors (Lipinski definition) is 6. The summed E-state index contributed by atoms with van der Waals surface area (Å²) in [6.07, 6.45) is -1.04. The maximum absolute atomic E-state index is 9.58. The Bertz CT molecular complexity index is 1030. The Morgan fingerprint density at radius 1 is 0.879 bits per heavy atom. The normalized spacial score (nSPS) is 19.0. The fourth-order valence-electron chi connectivity index (χ4n) is 3.26. The first-order chi connectivity index (χ1) is 15.9. The van der Waals surface area contributed by atoms with Crippen LogP contribution in [-0.4, -0.2) is 46.5 Å². The van der Waals surface area contributed by atoms with E-state index >= 15 is 0 Å². The number of ether oxygens (including phenoxy) is 1. The highest BCUT2D eigenvalue weighted by Gasteiger charge is 2.32. The number of nitrogens with zero attached hydrogens (tertiary/aromatic N) is 1. The number of rotatable bonds is 6. The number of nitrogens with two attached hydrogens (primary N) is 1. The van der Waals surface area contributed by atoms with E-state index < -0.39 is 12.1 Å². The topological polar surface area (TPSA) is 108 Å². The first-order valence-electron chi connectivity index (χ1n) is 10.4. The molecule has 0 fully saturated rings. The third kappa shape index (κ3) is 6.96. The van der Waals surface area contributed by atoms with Crippen molar-refractivity contribution in [1.29, 1.82) is 0 Å². The lowest BCUT2D eigenvalue weighted by Crippen LogP contribution is -2.31. The summed E-state index contributed by atoms with van der Waals surface area (Å²) in [5, 5.41) is 27.8. The minimum Gasteiger partial charge on any atom is -0.467 e. The van der Waals surface area contributed by atoms with Crippen molar-refractivity contribution in [1.82, 2.24) is 0 Å². The van der Waals surface area contributed by atoms with E-state index in [0.29, 0.717) is 11.5 Å². The first kappa shape index (κ1) is 25.6. The van der Waals surface area contributed by atoms with Crippen LogP contribution in [0.3, 0.4) is 0 Å². The highest BCUT2D eigenvalue weighted by atomic mass is 79.9. The van der Waals surface area contributed by atoms with Gasteiger partial charge in [0.1, 0.15) is 6.04 Å². The van der Waals surface area contributed by atoms with Gasteiger partial charge in [0.2, 0.25) is 5.90 Å². The van der Waals surface area contributed by atoms with E-state index in [-0.39, 0.29) is 25.4 Å². The summed E-state index contributed by atoms with van der Waals surface area (Å²) in [7, 11) is 0. The Morgan fingerprint density at radius 2 is 1.45 bits per heavy atom. The van der Waals surface area contributed by atoms with Gasteiger partial charge >= 0.3 is 0 Å². The summed E-state index contributed by atoms with van der Waals surface area (Å²) in [5.41, 5.74) is 8.14. The molecule has 0 radical (unpaired) electrons. The molecule has 0 saturated carbocycles. The number of benzene rings is 3. The molecule has 1 aliphatic heterocycles. The van der Waals surface area contributed by atoms with Gasteiger partial charge in [-0.1, -0.05) is 74.3 Å². The Labute approximate surface area is 210 Å². The lowest BCUT2D eigenvalue weighted by molar-refractivity contribution is 0.109. The van der Waals surface area contributed by atoms with Gasteiger partial charge in [-0.3, -0.25) is 0 Å². The number of halogens is 2. The number of aliphatic hydroxyl groups is 3. The van der Waals surface area contributed by atoms with Gasteiger partial charge in [-0.2, -0.15) is 0 Å². The van der Waals surface area contributed by atoms with Crippen LogP contribution in [0, 0.1) is 0 Å². The zero-order valence-corrected chi connectivity index (χ0v) is 20.9. The summed E-state index contributed by atoms with van der Waals surface area (Å²) >= 11 is 6.70. The summed E-state index contributed by atoms with van der Waals surface area (Å²) in [4.78, 5) is 4.49. The lowest BCUT2D eigenvalue weighted by Gasteiger charge is -2.16. The summed E-state index contributed by atoms with van der Waals surface area (Å²) in [6, 6.07) is 24.0. The Kier molecular flexibility index (Phi) is 9.61. The average molecular weight is 578 g/mol. The fraction of sp³-hybridized carbons (Fsp3) is 0.240. The molecule has 0 amide bonds. The van der Waals surface area contributed by atoms with Crippen LogP contribution in [0.5, 0.6) is 0 Å². The van der Waals surface area contributed by atoms with Crippen LogP contribution < -0.4 is 5.73 Å². The molecule has 4 rings (SSSR count). The predicted molar refractivity (Wildman–Crippen MR) is 136 cm³/mol. The summed E-state index contributed by atoms with van der Waals surface area (Å²) in [5.74, 6) is 0.595. The van der Waals surface area contributed by atoms with Crippen molar-refractivity contribution in [2.45, 2.75) is 24.3 Å². The molecule has 6 nitrogen and oxygen atoms in total. The first-order valence-corrected chi connectivity index (χ1v) is 12.0. The third-order valence-electron chi connectivity index (χ3n) is 5.11. The van der Waals surface area contributed by atoms with Gasteiger partial charge in [0.05, 0.1) is 25.4 Å². The molecule has 4 atom stereocenters. The van der Waals surface area contributed by atoms with Crippen LogP contribution in [0.1, 0.15) is 28.9 Å². The van der Waals surface area contributed by atoms with Gasteiger partial charge in [-0.05, 0) is 47.5 Å². The molecule has 0 aliphatic carbocycles. The Balaban J connectivity index is 0.000000205. The van der Waals surface area contributed by atoms with Gasteiger partial charge in [-0.25, -0.2) is 4.99 Å². The molecule has 8 heteroatoms. The van der Waals surface area contributed by atoms with Crippen molar-refractivity contribution in [3.63, 3.8) is 0 Å². The molecule has 1 heterocycles. The van der Waals surface area contributed by atoms with Gasteiger partial charge in [-0.15, -0.1) is 0 Å². The monoisotopic (exact) mass is 576 g/mol. The molecule has 0 saturated heterocycles. The molecule has 33 heavy (non-hydrogen) atoms. The van der Waals surface area contributed by atoms with Crippen molar-refractivity contribution in [3.05, 3.63) is 104 Å². The van der Waals surface area contributed by atoms with Crippen molar-refractivity contribution in [3.8, 4) is 0 Å². The molecule has 1 aliphatic rings. The van der Waals surface area contributed by atoms with Gasteiger partial charge in [0.15, 0.2) is 6.10 Å². The van der Waals surface area contributed by atoms with E-state index in [0.717, 1.165) is 20.1 Å². The SMILES string of the molecule is N[C@H](CO)[C@H](O)c1ccc(Br)cc1.OC[C@H]1N=C(c2ccccc2)O[C@@H]1c1ccc(Br)cc1. The minimum atomic E-state index is -0.807. The van der Waals surface area contributed by atoms with Crippen molar-refractivity contribution >= 4 is 37.8 Å². The second kappa shape index (κ2) is 12.4. The molecule has 3 aromatic rings.